The molecule has 0 aliphatic carbocycles. The number of carbonyl (C=O) groups is 2. The molecule has 0 atom stereocenters. The molecule has 2 aromatic rings. The van der Waals surface area contributed by atoms with Crippen LogP contribution in [-0.2, 0) is 16.1 Å². The lowest BCUT2D eigenvalue weighted by atomic mass is 10.0. The fraction of sp³-hybridized carbons (Fsp3) is 0.294. The Morgan fingerprint density at radius 3 is 2.50 bits per heavy atom. The summed E-state index contributed by atoms with van der Waals surface area (Å²) < 4.78 is 4.74. The number of urea groups is 1. The number of rotatable bonds is 5. The molecule has 0 aliphatic rings. The molecule has 116 valence electrons. The van der Waals surface area contributed by atoms with E-state index in [9.17, 15) is 9.59 Å². The minimum absolute atomic E-state index is 0.131. The standard InChI is InChI=1S/C17H20N2O3/c1-3-22-16(20)11-19-17(21)18-10-13-9-8-12(2)14-6-4-5-7-15(13)14/h4-9H,3,10-11H2,1-2H3,(H2,18,19,21). The van der Waals surface area contributed by atoms with Crippen LogP contribution in [-0.4, -0.2) is 25.2 Å². The number of amides is 2. The third-order valence-electron chi connectivity index (χ3n) is 3.37. The first-order valence-corrected chi connectivity index (χ1v) is 7.26. The van der Waals surface area contributed by atoms with Crippen molar-refractivity contribution >= 4 is 22.8 Å². The molecule has 0 aromatic heterocycles. The molecular weight excluding hydrogens is 280 g/mol. The molecule has 0 saturated heterocycles. The maximum atomic E-state index is 11.7. The lowest BCUT2D eigenvalue weighted by molar-refractivity contribution is -0.141. The fourth-order valence-corrected chi connectivity index (χ4v) is 2.27. The molecule has 0 radical (unpaired) electrons. The van der Waals surface area contributed by atoms with Gasteiger partial charge < -0.3 is 15.4 Å². The van der Waals surface area contributed by atoms with E-state index in [0.717, 1.165) is 10.9 Å². The molecule has 0 bridgehead atoms. The summed E-state index contributed by atoms with van der Waals surface area (Å²) in [5.74, 6) is -0.446. The summed E-state index contributed by atoms with van der Waals surface area (Å²) in [6.45, 7) is 4.35. The second kappa shape index (κ2) is 7.45. The molecule has 2 rings (SSSR count). The summed E-state index contributed by atoms with van der Waals surface area (Å²) in [5, 5.41) is 7.52. The van der Waals surface area contributed by atoms with Gasteiger partial charge >= 0.3 is 12.0 Å². The zero-order valence-corrected chi connectivity index (χ0v) is 12.8. The van der Waals surface area contributed by atoms with Gasteiger partial charge in [0.15, 0.2) is 0 Å². The molecule has 0 aliphatic heterocycles. The first-order chi connectivity index (χ1) is 10.6. The number of hydrogen-bond donors (Lipinski definition) is 2. The van der Waals surface area contributed by atoms with Gasteiger partial charge in [-0.25, -0.2) is 4.79 Å². The highest BCUT2D eigenvalue weighted by molar-refractivity contribution is 5.89. The first kappa shape index (κ1) is 15.8. The van der Waals surface area contributed by atoms with Crippen molar-refractivity contribution in [3.63, 3.8) is 0 Å². The predicted octanol–water partition coefficient (Wildman–Crippen LogP) is 2.51. The van der Waals surface area contributed by atoms with Crippen LogP contribution in [0.15, 0.2) is 36.4 Å². The Bertz CT molecular complexity index is 683. The summed E-state index contributed by atoms with van der Waals surface area (Å²) in [6, 6.07) is 11.7. The highest BCUT2D eigenvalue weighted by Crippen LogP contribution is 2.22. The summed E-state index contributed by atoms with van der Waals surface area (Å²) in [7, 11) is 0. The number of benzene rings is 2. The van der Waals surface area contributed by atoms with E-state index in [0.29, 0.717) is 13.2 Å². The summed E-state index contributed by atoms with van der Waals surface area (Å²) in [4.78, 5) is 22.9. The van der Waals surface area contributed by atoms with E-state index in [-0.39, 0.29) is 6.54 Å². The number of carbonyl (C=O) groups excluding carboxylic acids is 2. The van der Waals surface area contributed by atoms with Gasteiger partial charge in [-0.15, -0.1) is 0 Å². The van der Waals surface area contributed by atoms with Crippen LogP contribution in [0.3, 0.4) is 0 Å². The quantitative estimate of drug-likeness (QED) is 0.834. The number of hydrogen-bond acceptors (Lipinski definition) is 3. The zero-order chi connectivity index (χ0) is 15.9. The van der Waals surface area contributed by atoms with Crippen LogP contribution in [0.5, 0.6) is 0 Å². The fourth-order valence-electron chi connectivity index (χ4n) is 2.27. The lowest BCUT2D eigenvalue weighted by Gasteiger charge is -2.11. The van der Waals surface area contributed by atoms with Crippen molar-refractivity contribution in [1.82, 2.24) is 10.6 Å². The average molecular weight is 300 g/mol. The molecule has 0 spiro atoms. The van der Waals surface area contributed by atoms with Gasteiger partial charge in [0.05, 0.1) is 6.61 Å². The van der Waals surface area contributed by atoms with E-state index >= 15 is 0 Å². The Kier molecular flexibility index (Phi) is 5.36. The summed E-state index contributed by atoms with van der Waals surface area (Å²) in [6.07, 6.45) is 0. The largest absolute Gasteiger partial charge is 0.465 e. The highest BCUT2D eigenvalue weighted by atomic mass is 16.5. The molecule has 0 saturated carbocycles. The van der Waals surface area contributed by atoms with Gasteiger partial charge in [-0.1, -0.05) is 36.4 Å². The number of ether oxygens (including phenoxy) is 1. The van der Waals surface area contributed by atoms with Crippen LogP contribution in [0.1, 0.15) is 18.1 Å². The highest BCUT2D eigenvalue weighted by Gasteiger charge is 2.07. The van der Waals surface area contributed by atoms with Gasteiger partial charge in [0.25, 0.3) is 0 Å². The first-order valence-electron chi connectivity index (χ1n) is 7.26. The molecule has 5 heteroatoms. The van der Waals surface area contributed by atoms with Crippen molar-refractivity contribution in [3.05, 3.63) is 47.5 Å². The Labute approximate surface area is 129 Å². The van der Waals surface area contributed by atoms with Gasteiger partial charge in [-0.3, -0.25) is 4.79 Å². The molecular formula is C17H20N2O3. The second-order valence-corrected chi connectivity index (χ2v) is 4.93. The maximum absolute atomic E-state index is 11.7. The lowest BCUT2D eigenvalue weighted by Crippen LogP contribution is -2.38. The molecule has 2 N–H and O–H groups in total. The monoisotopic (exact) mass is 300 g/mol. The molecule has 2 aromatic carbocycles. The Balaban J connectivity index is 1.96. The Morgan fingerprint density at radius 2 is 1.77 bits per heavy atom. The van der Waals surface area contributed by atoms with Crippen molar-refractivity contribution in [1.29, 1.82) is 0 Å². The van der Waals surface area contributed by atoms with Gasteiger partial charge in [-0.2, -0.15) is 0 Å². The number of nitrogens with one attached hydrogen (secondary N) is 2. The average Bonchev–Trinajstić information content (AvgIpc) is 2.53. The SMILES string of the molecule is CCOC(=O)CNC(=O)NCc1ccc(C)c2ccccc12. The van der Waals surface area contributed by atoms with Crippen LogP contribution < -0.4 is 10.6 Å². The van der Waals surface area contributed by atoms with Gasteiger partial charge in [-0.05, 0) is 35.7 Å². The van der Waals surface area contributed by atoms with Crippen molar-refractivity contribution in [3.8, 4) is 0 Å². The van der Waals surface area contributed by atoms with E-state index in [1.54, 1.807) is 6.92 Å². The van der Waals surface area contributed by atoms with E-state index in [2.05, 4.69) is 23.6 Å². The van der Waals surface area contributed by atoms with Crippen LogP contribution in [0.2, 0.25) is 0 Å². The van der Waals surface area contributed by atoms with Crippen molar-refractivity contribution in [2.24, 2.45) is 0 Å². The second-order valence-electron chi connectivity index (χ2n) is 4.93. The van der Waals surface area contributed by atoms with Crippen LogP contribution >= 0.6 is 0 Å². The van der Waals surface area contributed by atoms with Gasteiger partial charge in [0, 0.05) is 6.54 Å². The topological polar surface area (TPSA) is 67.4 Å². The van der Waals surface area contributed by atoms with Crippen LogP contribution in [0, 0.1) is 6.92 Å². The minimum Gasteiger partial charge on any atom is -0.465 e. The third-order valence-corrected chi connectivity index (χ3v) is 3.37. The number of esters is 1. The molecule has 5 nitrogen and oxygen atoms in total. The zero-order valence-electron chi connectivity index (χ0n) is 12.8. The Morgan fingerprint density at radius 1 is 1.05 bits per heavy atom. The van der Waals surface area contributed by atoms with E-state index in [4.69, 9.17) is 4.74 Å². The molecule has 0 unspecified atom stereocenters. The van der Waals surface area contributed by atoms with E-state index in [1.165, 1.54) is 10.9 Å². The van der Waals surface area contributed by atoms with Crippen molar-refractivity contribution < 1.29 is 14.3 Å². The van der Waals surface area contributed by atoms with Crippen LogP contribution in [0.25, 0.3) is 10.8 Å². The van der Waals surface area contributed by atoms with E-state index < -0.39 is 12.0 Å². The van der Waals surface area contributed by atoms with Gasteiger partial charge in [0.1, 0.15) is 6.54 Å². The molecule has 2 amide bonds. The van der Waals surface area contributed by atoms with Crippen molar-refractivity contribution in [2.75, 3.05) is 13.2 Å². The smallest absolute Gasteiger partial charge is 0.325 e. The molecule has 0 heterocycles. The number of fused-ring (bicyclic) bond motifs is 1. The van der Waals surface area contributed by atoms with E-state index in [1.807, 2.05) is 30.3 Å². The normalized spacial score (nSPS) is 10.3. The predicted molar refractivity (Wildman–Crippen MR) is 85.6 cm³/mol. The summed E-state index contributed by atoms with van der Waals surface area (Å²) >= 11 is 0. The van der Waals surface area contributed by atoms with Gasteiger partial charge in [0.2, 0.25) is 0 Å². The Hall–Kier alpha value is -2.56. The van der Waals surface area contributed by atoms with Crippen molar-refractivity contribution in [2.45, 2.75) is 20.4 Å². The van der Waals surface area contributed by atoms with Crippen LogP contribution in [0.4, 0.5) is 4.79 Å². The number of aryl methyl sites for hydroxylation is 1. The molecule has 22 heavy (non-hydrogen) atoms. The molecule has 0 fully saturated rings. The minimum atomic E-state index is -0.446. The third kappa shape index (κ3) is 3.97. The maximum Gasteiger partial charge on any atom is 0.325 e. The summed E-state index contributed by atoms with van der Waals surface area (Å²) in [5.41, 5.74) is 2.23.